The number of likely N-dealkylation sites (tertiary alicyclic amines) is 1. The molecule has 1 fully saturated rings. The van der Waals surface area contributed by atoms with Crippen molar-refractivity contribution in [1.82, 2.24) is 25.2 Å². The van der Waals surface area contributed by atoms with Crippen LogP contribution in [0.5, 0.6) is 0 Å². The summed E-state index contributed by atoms with van der Waals surface area (Å²) in [5.41, 5.74) is 1.71. The van der Waals surface area contributed by atoms with Gasteiger partial charge in [0.15, 0.2) is 0 Å². The summed E-state index contributed by atoms with van der Waals surface area (Å²) in [6, 6.07) is 7.67. The van der Waals surface area contributed by atoms with Crippen LogP contribution in [-0.2, 0) is 11.3 Å². The summed E-state index contributed by atoms with van der Waals surface area (Å²) < 4.78 is 1.64. The van der Waals surface area contributed by atoms with E-state index in [1.807, 2.05) is 24.3 Å². The van der Waals surface area contributed by atoms with Crippen molar-refractivity contribution in [3.8, 4) is 0 Å². The van der Waals surface area contributed by atoms with Gasteiger partial charge < -0.3 is 10.2 Å². The molecule has 21 heavy (non-hydrogen) atoms. The highest BCUT2D eigenvalue weighted by molar-refractivity contribution is 5.79. The number of piperidine rings is 1. The summed E-state index contributed by atoms with van der Waals surface area (Å²) >= 11 is 0. The van der Waals surface area contributed by atoms with E-state index in [4.69, 9.17) is 0 Å². The van der Waals surface area contributed by atoms with Crippen molar-refractivity contribution in [1.29, 1.82) is 0 Å². The molecule has 0 radical (unpaired) electrons. The van der Waals surface area contributed by atoms with Gasteiger partial charge in [-0.1, -0.05) is 23.8 Å². The van der Waals surface area contributed by atoms with E-state index in [1.54, 1.807) is 4.68 Å². The number of amides is 1. The van der Waals surface area contributed by atoms with Gasteiger partial charge in [-0.2, -0.15) is 0 Å². The molecule has 1 aromatic carbocycles. The molecule has 112 valence electrons. The van der Waals surface area contributed by atoms with Crippen LogP contribution >= 0.6 is 0 Å². The molecule has 0 spiro atoms. The number of carbonyl (C=O) groups excluding carboxylic acids is 1. The van der Waals surface area contributed by atoms with Gasteiger partial charge in [0.2, 0.25) is 5.91 Å². The first kappa shape index (κ1) is 14.0. The van der Waals surface area contributed by atoms with Gasteiger partial charge in [-0.15, -0.1) is 5.10 Å². The highest BCUT2D eigenvalue weighted by Gasteiger charge is 2.11. The molecule has 6 nitrogen and oxygen atoms in total. The fourth-order valence-corrected chi connectivity index (χ4v) is 2.76. The van der Waals surface area contributed by atoms with Crippen LogP contribution in [0, 0.1) is 0 Å². The molecule has 6 heteroatoms. The standard InChI is InChI=1S/C15H21N5O/c21-15(16-8-11-19-9-4-1-5-10-19)12-20-14-7-3-2-6-13(14)17-18-20/h2-3,6-7H,1,4-5,8-12H2,(H,16,21). The van der Waals surface area contributed by atoms with Crippen LogP contribution in [0.15, 0.2) is 24.3 Å². The topological polar surface area (TPSA) is 63.1 Å². The summed E-state index contributed by atoms with van der Waals surface area (Å²) in [4.78, 5) is 14.4. The van der Waals surface area contributed by atoms with Crippen LogP contribution in [0.25, 0.3) is 11.0 Å². The minimum atomic E-state index is -0.0114. The average Bonchev–Trinajstić information content (AvgIpc) is 2.92. The van der Waals surface area contributed by atoms with Crippen LogP contribution in [0.4, 0.5) is 0 Å². The fraction of sp³-hybridized carbons (Fsp3) is 0.533. The lowest BCUT2D eigenvalue weighted by molar-refractivity contribution is -0.121. The zero-order valence-corrected chi connectivity index (χ0v) is 12.2. The summed E-state index contributed by atoms with van der Waals surface area (Å²) in [7, 11) is 0. The molecule has 0 unspecified atom stereocenters. The maximum Gasteiger partial charge on any atom is 0.241 e. The zero-order chi connectivity index (χ0) is 14.5. The number of hydrogen-bond acceptors (Lipinski definition) is 4. The molecule has 1 amide bonds. The van der Waals surface area contributed by atoms with Crippen molar-refractivity contribution in [3.63, 3.8) is 0 Å². The lowest BCUT2D eigenvalue weighted by atomic mass is 10.1. The van der Waals surface area contributed by atoms with E-state index < -0.39 is 0 Å². The Balaban J connectivity index is 1.47. The van der Waals surface area contributed by atoms with Crippen LogP contribution in [0.3, 0.4) is 0 Å². The normalized spacial score (nSPS) is 16.2. The molecule has 1 saturated heterocycles. The first-order valence-corrected chi connectivity index (χ1v) is 7.60. The Morgan fingerprint density at radius 3 is 2.86 bits per heavy atom. The number of hydrogen-bond donors (Lipinski definition) is 1. The molecule has 1 aliphatic heterocycles. The maximum absolute atomic E-state index is 12.0. The first-order chi connectivity index (χ1) is 10.3. The van der Waals surface area contributed by atoms with Gasteiger partial charge in [-0.05, 0) is 38.1 Å². The first-order valence-electron chi connectivity index (χ1n) is 7.60. The number of nitrogens with one attached hydrogen (secondary N) is 1. The summed E-state index contributed by atoms with van der Waals surface area (Å²) in [6.07, 6.45) is 3.89. The summed E-state index contributed by atoms with van der Waals surface area (Å²) in [5, 5.41) is 11.0. The molecule has 0 saturated carbocycles. The number of benzene rings is 1. The van der Waals surface area contributed by atoms with Gasteiger partial charge in [0.1, 0.15) is 12.1 Å². The Morgan fingerprint density at radius 2 is 2.00 bits per heavy atom. The largest absolute Gasteiger partial charge is 0.353 e. The fourth-order valence-electron chi connectivity index (χ4n) is 2.76. The van der Waals surface area contributed by atoms with Gasteiger partial charge >= 0.3 is 0 Å². The van der Waals surface area contributed by atoms with Crippen molar-refractivity contribution >= 4 is 16.9 Å². The number of para-hydroxylation sites is 1. The predicted molar refractivity (Wildman–Crippen MR) is 80.8 cm³/mol. The Bertz CT molecular complexity index is 603. The average molecular weight is 287 g/mol. The minimum absolute atomic E-state index is 0.0114. The van der Waals surface area contributed by atoms with E-state index in [0.29, 0.717) is 6.54 Å². The molecule has 1 aromatic heterocycles. The molecule has 2 aromatic rings. The molecule has 1 N–H and O–H groups in total. The molecular weight excluding hydrogens is 266 g/mol. The molecule has 1 aliphatic rings. The Morgan fingerprint density at radius 1 is 1.19 bits per heavy atom. The third kappa shape index (κ3) is 3.58. The van der Waals surface area contributed by atoms with Crippen molar-refractivity contribution in [2.75, 3.05) is 26.2 Å². The number of aromatic nitrogens is 3. The second-order valence-corrected chi connectivity index (χ2v) is 5.49. The second-order valence-electron chi connectivity index (χ2n) is 5.49. The van der Waals surface area contributed by atoms with Crippen molar-refractivity contribution in [2.45, 2.75) is 25.8 Å². The molecule has 2 heterocycles. The van der Waals surface area contributed by atoms with E-state index >= 15 is 0 Å². The monoisotopic (exact) mass is 287 g/mol. The van der Waals surface area contributed by atoms with E-state index in [9.17, 15) is 4.79 Å². The van der Waals surface area contributed by atoms with Gasteiger partial charge in [-0.3, -0.25) is 4.79 Å². The Kier molecular flexibility index (Phi) is 4.45. The molecule has 0 bridgehead atoms. The van der Waals surface area contributed by atoms with Crippen LogP contribution < -0.4 is 5.32 Å². The quantitative estimate of drug-likeness (QED) is 0.892. The number of nitrogens with zero attached hydrogens (tertiary/aromatic N) is 4. The number of rotatable bonds is 5. The second kappa shape index (κ2) is 6.67. The molecule has 0 aliphatic carbocycles. The number of carbonyl (C=O) groups is 1. The van der Waals surface area contributed by atoms with E-state index in [2.05, 4.69) is 20.5 Å². The van der Waals surface area contributed by atoms with Gasteiger partial charge in [-0.25, -0.2) is 4.68 Å². The van der Waals surface area contributed by atoms with E-state index in [1.165, 1.54) is 19.3 Å². The van der Waals surface area contributed by atoms with Gasteiger partial charge in [0.05, 0.1) is 5.52 Å². The van der Waals surface area contributed by atoms with Crippen molar-refractivity contribution in [3.05, 3.63) is 24.3 Å². The maximum atomic E-state index is 12.0. The lowest BCUT2D eigenvalue weighted by Gasteiger charge is -2.26. The van der Waals surface area contributed by atoms with Crippen molar-refractivity contribution in [2.24, 2.45) is 0 Å². The van der Waals surface area contributed by atoms with Crippen LogP contribution in [0.2, 0.25) is 0 Å². The minimum Gasteiger partial charge on any atom is -0.353 e. The number of fused-ring (bicyclic) bond motifs is 1. The highest BCUT2D eigenvalue weighted by Crippen LogP contribution is 2.09. The Hall–Kier alpha value is -1.95. The zero-order valence-electron chi connectivity index (χ0n) is 12.2. The predicted octanol–water partition coefficient (Wildman–Crippen LogP) is 1.03. The summed E-state index contributed by atoms with van der Waals surface area (Å²) in [5.74, 6) is -0.0114. The Labute approximate surface area is 124 Å². The van der Waals surface area contributed by atoms with Crippen molar-refractivity contribution < 1.29 is 4.79 Å². The molecular formula is C15H21N5O. The van der Waals surface area contributed by atoms with Crippen LogP contribution in [0.1, 0.15) is 19.3 Å². The van der Waals surface area contributed by atoms with E-state index in [0.717, 1.165) is 30.7 Å². The third-order valence-electron chi connectivity index (χ3n) is 3.91. The summed E-state index contributed by atoms with van der Waals surface area (Å²) in [6.45, 7) is 4.17. The SMILES string of the molecule is O=C(Cn1nnc2ccccc21)NCCN1CCCCC1. The van der Waals surface area contributed by atoms with E-state index in [-0.39, 0.29) is 12.5 Å². The molecule has 3 rings (SSSR count). The smallest absolute Gasteiger partial charge is 0.241 e. The molecule has 0 atom stereocenters. The lowest BCUT2D eigenvalue weighted by Crippen LogP contribution is -2.38. The highest BCUT2D eigenvalue weighted by atomic mass is 16.2. The van der Waals surface area contributed by atoms with Gasteiger partial charge in [0.25, 0.3) is 0 Å². The van der Waals surface area contributed by atoms with Crippen LogP contribution in [-0.4, -0.2) is 52.0 Å². The third-order valence-corrected chi connectivity index (χ3v) is 3.91. The van der Waals surface area contributed by atoms with Gasteiger partial charge in [0, 0.05) is 13.1 Å².